The van der Waals surface area contributed by atoms with E-state index in [0.717, 1.165) is 17.8 Å². The number of hydrogen-bond donors (Lipinski definition) is 2. The monoisotopic (exact) mass is 237 g/mol. The second-order valence-corrected chi connectivity index (χ2v) is 3.83. The molecule has 0 unspecified atom stereocenters. The number of urea groups is 1. The number of aryl methyl sites for hydroxylation is 1. The lowest BCUT2D eigenvalue weighted by molar-refractivity contribution is 0.188. The average molecular weight is 237 g/mol. The van der Waals surface area contributed by atoms with Crippen molar-refractivity contribution in [3.05, 3.63) is 24.0 Å². The molecule has 5 heteroatoms. The van der Waals surface area contributed by atoms with E-state index in [1.165, 1.54) is 0 Å². The third kappa shape index (κ3) is 4.40. The summed E-state index contributed by atoms with van der Waals surface area (Å²) in [6.07, 6.45) is 2.52. The third-order valence-electron chi connectivity index (χ3n) is 2.30. The zero-order valence-corrected chi connectivity index (χ0v) is 10.3. The average Bonchev–Trinajstić information content (AvgIpc) is 2.28. The number of carbonyl (C=O) groups is 1. The Morgan fingerprint density at radius 1 is 1.53 bits per heavy atom. The van der Waals surface area contributed by atoms with Crippen LogP contribution in [0, 0.1) is 6.92 Å². The zero-order valence-electron chi connectivity index (χ0n) is 10.3. The lowest BCUT2D eigenvalue weighted by atomic mass is 10.3. The van der Waals surface area contributed by atoms with Crippen molar-refractivity contribution in [2.24, 2.45) is 0 Å². The summed E-state index contributed by atoms with van der Waals surface area (Å²) < 4.78 is 0. The Kier molecular flexibility index (Phi) is 5.42. The van der Waals surface area contributed by atoms with Crippen molar-refractivity contribution < 1.29 is 9.90 Å². The lowest BCUT2D eigenvalue weighted by Crippen LogP contribution is -2.37. The molecule has 94 valence electrons. The Labute approximate surface area is 101 Å². The van der Waals surface area contributed by atoms with Crippen molar-refractivity contribution >= 4 is 11.7 Å². The van der Waals surface area contributed by atoms with Gasteiger partial charge in [-0.15, -0.1) is 0 Å². The first-order chi connectivity index (χ1) is 8.17. The largest absolute Gasteiger partial charge is 0.395 e. The second kappa shape index (κ2) is 6.85. The summed E-state index contributed by atoms with van der Waals surface area (Å²) >= 11 is 0. The molecule has 1 aromatic heterocycles. The number of anilines is 1. The van der Waals surface area contributed by atoms with Gasteiger partial charge in [-0.1, -0.05) is 6.92 Å². The molecule has 0 fully saturated rings. The molecule has 2 N–H and O–H groups in total. The summed E-state index contributed by atoms with van der Waals surface area (Å²) in [6, 6.07) is 3.36. The Morgan fingerprint density at radius 3 is 2.88 bits per heavy atom. The molecule has 0 aromatic carbocycles. The minimum Gasteiger partial charge on any atom is -0.395 e. The molecule has 0 atom stereocenters. The second-order valence-electron chi connectivity index (χ2n) is 3.83. The van der Waals surface area contributed by atoms with E-state index in [2.05, 4.69) is 10.3 Å². The molecule has 0 spiro atoms. The standard InChI is InChI=1S/C12H19N3O2/c1-3-6-15(7-8-16)12(17)14-11-4-5-13-10(2)9-11/h4-5,9,16H,3,6-8H2,1-2H3,(H,13,14,17). The normalized spacial score (nSPS) is 10.1. The van der Waals surface area contributed by atoms with Gasteiger partial charge in [0, 0.05) is 30.7 Å². The number of amides is 2. The van der Waals surface area contributed by atoms with E-state index in [9.17, 15) is 4.79 Å². The molecule has 2 amide bonds. The van der Waals surface area contributed by atoms with Gasteiger partial charge in [-0.2, -0.15) is 0 Å². The molecule has 0 aliphatic heterocycles. The molecule has 1 aromatic rings. The van der Waals surface area contributed by atoms with Crippen LogP contribution < -0.4 is 5.32 Å². The van der Waals surface area contributed by atoms with Gasteiger partial charge in [0.25, 0.3) is 0 Å². The summed E-state index contributed by atoms with van der Waals surface area (Å²) in [5, 5.41) is 11.7. The van der Waals surface area contributed by atoms with E-state index in [-0.39, 0.29) is 12.6 Å². The maximum atomic E-state index is 11.9. The topological polar surface area (TPSA) is 65.5 Å². The van der Waals surface area contributed by atoms with E-state index < -0.39 is 0 Å². The van der Waals surface area contributed by atoms with Crippen LogP contribution in [-0.4, -0.2) is 40.7 Å². The number of hydrogen-bond acceptors (Lipinski definition) is 3. The summed E-state index contributed by atoms with van der Waals surface area (Å²) in [5.41, 5.74) is 1.58. The highest BCUT2D eigenvalue weighted by Crippen LogP contribution is 2.08. The highest BCUT2D eigenvalue weighted by Gasteiger charge is 2.11. The number of carbonyl (C=O) groups excluding carboxylic acids is 1. The van der Waals surface area contributed by atoms with Gasteiger partial charge in [0.05, 0.1) is 6.61 Å². The molecule has 0 radical (unpaired) electrons. The van der Waals surface area contributed by atoms with Crippen LogP contribution in [-0.2, 0) is 0 Å². The molecule has 1 rings (SSSR count). The Morgan fingerprint density at radius 2 is 2.29 bits per heavy atom. The van der Waals surface area contributed by atoms with Crippen LogP contribution in [0.15, 0.2) is 18.3 Å². The summed E-state index contributed by atoms with van der Waals surface area (Å²) in [6.45, 7) is 4.82. The predicted molar refractivity (Wildman–Crippen MR) is 66.9 cm³/mol. The highest BCUT2D eigenvalue weighted by atomic mass is 16.3. The van der Waals surface area contributed by atoms with Crippen LogP contribution in [0.25, 0.3) is 0 Å². The number of aliphatic hydroxyl groups excluding tert-OH is 1. The van der Waals surface area contributed by atoms with Gasteiger partial charge >= 0.3 is 6.03 Å². The van der Waals surface area contributed by atoms with Crippen LogP contribution >= 0.6 is 0 Å². The van der Waals surface area contributed by atoms with Crippen LogP contribution in [0.3, 0.4) is 0 Å². The van der Waals surface area contributed by atoms with Gasteiger partial charge in [0.2, 0.25) is 0 Å². The first kappa shape index (κ1) is 13.4. The number of nitrogens with zero attached hydrogens (tertiary/aromatic N) is 2. The molecule has 5 nitrogen and oxygen atoms in total. The summed E-state index contributed by atoms with van der Waals surface area (Å²) in [4.78, 5) is 17.5. The highest BCUT2D eigenvalue weighted by molar-refractivity contribution is 5.89. The fourth-order valence-corrected chi connectivity index (χ4v) is 1.53. The maximum Gasteiger partial charge on any atom is 0.321 e. The number of pyridine rings is 1. The maximum absolute atomic E-state index is 11.9. The molecule has 0 saturated carbocycles. The smallest absolute Gasteiger partial charge is 0.321 e. The van der Waals surface area contributed by atoms with Gasteiger partial charge in [-0.3, -0.25) is 4.98 Å². The van der Waals surface area contributed by atoms with Crippen molar-refractivity contribution in [3.8, 4) is 0 Å². The minimum absolute atomic E-state index is 0.0250. The van der Waals surface area contributed by atoms with E-state index in [1.807, 2.05) is 13.8 Å². The van der Waals surface area contributed by atoms with Crippen molar-refractivity contribution in [2.75, 3.05) is 25.0 Å². The van der Waals surface area contributed by atoms with Crippen molar-refractivity contribution in [2.45, 2.75) is 20.3 Å². The van der Waals surface area contributed by atoms with Crippen LogP contribution in [0.4, 0.5) is 10.5 Å². The lowest BCUT2D eigenvalue weighted by Gasteiger charge is -2.21. The van der Waals surface area contributed by atoms with Gasteiger partial charge in [-0.05, 0) is 25.5 Å². The fourth-order valence-electron chi connectivity index (χ4n) is 1.53. The Hall–Kier alpha value is -1.62. The first-order valence-corrected chi connectivity index (χ1v) is 5.76. The quantitative estimate of drug-likeness (QED) is 0.818. The molecule has 0 aliphatic rings. The van der Waals surface area contributed by atoms with Crippen LogP contribution in [0.1, 0.15) is 19.0 Å². The fraction of sp³-hybridized carbons (Fsp3) is 0.500. The Bertz CT molecular complexity index is 363. The van der Waals surface area contributed by atoms with E-state index in [1.54, 1.807) is 23.2 Å². The zero-order chi connectivity index (χ0) is 12.7. The van der Waals surface area contributed by atoms with Gasteiger partial charge in [0.1, 0.15) is 0 Å². The van der Waals surface area contributed by atoms with Gasteiger partial charge in [-0.25, -0.2) is 4.79 Å². The Balaban J connectivity index is 2.62. The molecular weight excluding hydrogens is 218 g/mol. The van der Waals surface area contributed by atoms with Crippen LogP contribution in [0.5, 0.6) is 0 Å². The molecule has 17 heavy (non-hydrogen) atoms. The third-order valence-corrected chi connectivity index (χ3v) is 2.30. The van der Waals surface area contributed by atoms with Gasteiger partial charge in [0.15, 0.2) is 0 Å². The number of nitrogens with one attached hydrogen (secondary N) is 1. The summed E-state index contributed by atoms with van der Waals surface area (Å²) in [5.74, 6) is 0. The van der Waals surface area contributed by atoms with E-state index in [4.69, 9.17) is 5.11 Å². The molecule has 1 heterocycles. The molecule has 0 bridgehead atoms. The predicted octanol–water partition coefficient (Wildman–Crippen LogP) is 1.63. The number of aromatic nitrogens is 1. The van der Waals surface area contributed by atoms with Crippen molar-refractivity contribution in [1.82, 2.24) is 9.88 Å². The van der Waals surface area contributed by atoms with Gasteiger partial charge < -0.3 is 15.3 Å². The molecule has 0 aliphatic carbocycles. The molecule has 0 saturated heterocycles. The molecular formula is C12H19N3O2. The number of rotatable bonds is 5. The van der Waals surface area contributed by atoms with Crippen molar-refractivity contribution in [1.29, 1.82) is 0 Å². The van der Waals surface area contributed by atoms with Crippen LogP contribution in [0.2, 0.25) is 0 Å². The van der Waals surface area contributed by atoms with E-state index in [0.29, 0.717) is 13.1 Å². The number of aliphatic hydroxyl groups is 1. The summed E-state index contributed by atoms with van der Waals surface area (Å²) in [7, 11) is 0. The SMILES string of the molecule is CCCN(CCO)C(=O)Nc1ccnc(C)c1. The first-order valence-electron chi connectivity index (χ1n) is 5.76. The minimum atomic E-state index is -0.188. The van der Waals surface area contributed by atoms with E-state index >= 15 is 0 Å². The van der Waals surface area contributed by atoms with Crippen molar-refractivity contribution in [3.63, 3.8) is 0 Å².